The summed E-state index contributed by atoms with van der Waals surface area (Å²) in [6, 6.07) is 10.6. The number of allylic oxidation sites excluding steroid dienone is 1. The van der Waals surface area contributed by atoms with Crippen LogP contribution in [0.25, 0.3) is 27.7 Å². The molecule has 1 aliphatic heterocycles. The summed E-state index contributed by atoms with van der Waals surface area (Å²) < 4.78 is 24.8. The van der Waals surface area contributed by atoms with Crippen molar-refractivity contribution in [3.63, 3.8) is 0 Å². The van der Waals surface area contributed by atoms with Gasteiger partial charge < -0.3 is 14.1 Å². The molecule has 0 bridgehead atoms. The standard InChI is InChI=1S/C28H30FNO3/c1-18(14-28(31)30-13-5-7-20-6-3-4-8-25(20)30)22-15-23-24(19-9-11-21(29)12-10-19)17-33-27(23)16-26(22)32-2/h9-12,14-17,20,25H,3-8,13H2,1-2H3/b18-14+. The molecule has 1 aromatic heterocycles. The van der Waals surface area contributed by atoms with Crippen LogP contribution >= 0.6 is 0 Å². The SMILES string of the molecule is COc1cc2occ(-c3ccc(F)cc3)c2cc1/C(C)=C/C(=O)N1CCCC2CCCCC21. The molecule has 5 rings (SSSR count). The van der Waals surface area contributed by atoms with Crippen molar-refractivity contribution in [2.45, 2.75) is 51.5 Å². The zero-order valence-electron chi connectivity index (χ0n) is 19.3. The molecular weight excluding hydrogens is 417 g/mol. The number of likely N-dealkylation sites (tertiary alicyclic amines) is 1. The lowest BCUT2D eigenvalue weighted by atomic mass is 9.78. The van der Waals surface area contributed by atoms with Crippen molar-refractivity contribution in [2.24, 2.45) is 5.92 Å². The van der Waals surface area contributed by atoms with Crippen molar-refractivity contribution in [1.29, 1.82) is 0 Å². The maximum atomic E-state index is 13.4. The lowest BCUT2D eigenvalue weighted by Crippen LogP contribution is -2.49. The van der Waals surface area contributed by atoms with Crippen LogP contribution in [0.5, 0.6) is 5.75 Å². The highest BCUT2D eigenvalue weighted by atomic mass is 19.1. The van der Waals surface area contributed by atoms with Crippen molar-refractivity contribution in [2.75, 3.05) is 13.7 Å². The number of rotatable bonds is 4. The van der Waals surface area contributed by atoms with Gasteiger partial charge in [-0.05, 0) is 67.9 Å². The first-order valence-electron chi connectivity index (χ1n) is 11.9. The van der Waals surface area contributed by atoms with Gasteiger partial charge in [-0.15, -0.1) is 0 Å². The fourth-order valence-electron chi connectivity index (χ4n) is 5.63. The number of methoxy groups -OCH3 is 1. The molecule has 2 unspecified atom stereocenters. The molecule has 0 radical (unpaired) electrons. The van der Waals surface area contributed by atoms with Crippen LogP contribution in [0.1, 0.15) is 51.0 Å². The molecule has 33 heavy (non-hydrogen) atoms. The van der Waals surface area contributed by atoms with E-state index in [4.69, 9.17) is 9.15 Å². The average Bonchev–Trinajstić information content (AvgIpc) is 3.26. The van der Waals surface area contributed by atoms with Crippen molar-refractivity contribution in [3.8, 4) is 16.9 Å². The number of benzene rings is 2. The number of nitrogens with zero attached hydrogens (tertiary/aromatic N) is 1. The van der Waals surface area contributed by atoms with Gasteiger partial charge in [-0.2, -0.15) is 0 Å². The summed E-state index contributed by atoms with van der Waals surface area (Å²) in [4.78, 5) is 15.4. The Morgan fingerprint density at radius 1 is 1.12 bits per heavy atom. The summed E-state index contributed by atoms with van der Waals surface area (Å²) in [5, 5.41) is 0.905. The minimum absolute atomic E-state index is 0.0946. The number of fused-ring (bicyclic) bond motifs is 2. The lowest BCUT2D eigenvalue weighted by Gasteiger charge is -2.43. The quantitative estimate of drug-likeness (QED) is 0.412. The zero-order valence-corrected chi connectivity index (χ0v) is 19.3. The van der Waals surface area contributed by atoms with E-state index in [2.05, 4.69) is 4.90 Å². The van der Waals surface area contributed by atoms with Gasteiger partial charge in [-0.3, -0.25) is 4.79 Å². The number of halogens is 1. The van der Waals surface area contributed by atoms with Crippen LogP contribution in [0.4, 0.5) is 4.39 Å². The monoisotopic (exact) mass is 447 g/mol. The van der Waals surface area contributed by atoms with E-state index in [0.29, 0.717) is 23.3 Å². The zero-order chi connectivity index (χ0) is 22.9. The molecule has 2 heterocycles. The van der Waals surface area contributed by atoms with Gasteiger partial charge in [-0.25, -0.2) is 4.39 Å². The Balaban J connectivity index is 1.49. The first-order chi connectivity index (χ1) is 16.0. The number of carbonyl (C=O) groups excluding carboxylic acids is 1. The second-order valence-electron chi connectivity index (χ2n) is 9.32. The number of hydrogen-bond acceptors (Lipinski definition) is 3. The Kier molecular flexibility index (Phi) is 5.96. The van der Waals surface area contributed by atoms with Crippen molar-refractivity contribution >= 4 is 22.4 Å². The first-order valence-corrected chi connectivity index (χ1v) is 11.9. The van der Waals surface area contributed by atoms with E-state index in [9.17, 15) is 9.18 Å². The van der Waals surface area contributed by atoms with Gasteiger partial charge in [-0.1, -0.05) is 25.0 Å². The normalized spacial score (nSPS) is 21.2. The fourth-order valence-corrected chi connectivity index (χ4v) is 5.63. The van der Waals surface area contributed by atoms with Gasteiger partial charge in [0.25, 0.3) is 0 Å². The Bertz CT molecular complexity index is 1190. The Morgan fingerprint density at radius 3 is 2.67 bits per heavy atom. The summed E-state index contributed by atoms with van der Waals surface area (Å²) in [5.74, 6) is 1.14. The molecule has 3 aromatic rings. The highest BCUT2D eigenvalue weighted by Crippen LogP contribution is 2.38. The van der Waals surface area contributed by atoms with Gasteiger partial charge in [0.15, 0.2) is 0 Å². The van der Waals surface area contributed by atoms with E-state index in [-0.39, 0.29) is 11.7 Å². The summed E-state index contributed by atoms with van der Waals surface area (Å²) in [6.07, 6.45) is 10.6. The molecule has 2 fully saturated rings. The van der Waals surface area contributed by atoms with Crippen LogP contribution in [-0.2, 0) is 4.79 Å². The maximum absolute atomic E-state index is 13.4. The predicted octanol–water partition coefficient (Wildman–Crippen LogP) is 6.83. The smallest absolute Gasteiger partial charge is 0.247 e. The minimum Gasteiger partial charge on any atom is -0.496 e. The first kappa shape index (κ1) is 21.7. The van der Waals surface area contributed by atoms with E-state index >= 15 is 0 Å². The Labute approximate surface area is 194 Å². The molecule has 1 aliphatic carbocycles. The molecular formula is C28H30FNO3. The summed E-state index contributed by atoms with van der Waals surface area (Å²) in [5.41, 5.74) is 4.17. The van der Waals surface area contributed by atoms with Crippen LogP contribution in [0, 0.1) is 11.7 Å². The van der Waals surface area contributed by atoms with Crippen molar-refractivity contribution in [3.05, 3.63) is 60.1 Å². The molecule has 1 amide bonds. The number of carbonyl (C=O) groups is 1. The largest absolute Gasteiger partial charge is 0.496 e. The topological polar surface area (TPSA) is 42.7 Å². The van der Waals surface area contributed by atoms with Crippen LogP contribution in [0.3, 0.4) is 0 Å². The minimum atomic E-state index is -0.274. The molecule has 4 nitrogen and oxygen atoms in total. The van der Waals surface area contributed by atoms with Crippen LogP contribution in [0.2, 0.25) is 0 Å². The van der Waals surface area contributed by atoms with Gasteiger partial charge in [0, 0.05) is 41.2 Å². The molecule has 5 heteroatoms. The third-order valence-electron chi connectivity index (χ3n) is 7.34. The van der Waals surface area contributed by atoms with E-state index in [1.807, 2.05) is 19.1 Å². The second kappa shape index (κ2) is 9.05. The average molecular weight is 448 g/mol. The maximum Gasteiger partial charge on any atom is 0.247 e. The van der Waals surface area contributed by atoms with Crippen molar-refractivity contribution in [1.82, 2.24) is 4.90 Å². The third kappa shape index (κ3) is 4.17. The third-order valence-corrected chi connectivity index (χ3v) is 7.34. The van der Waals surface area contributed by atoms with Gasteiger partial charge in [0.1, 0.15) is 17.1 Å². The Morgan fingerprint density at radius 2 is 1.88 bits per heavy atom. The van der Waals surface area contributed by atoms with Crippen molar-refractivity contribution < 1.29 is 18.3 Å². The molecule has 0 N–H and O–H groups in total. The number of ether oxygens (including phenoxy) is 1. The predicted molar refractivity (Wildman–Crippen MR) is 129 cm³/mol. The molecule has 2 aliphatic rings. The summed E-state index contributed by atoms with van der Waals surface area (Å²) >= 11 is 0. The molecule has 1 saturated carbocycles. The lowest BCUT2D eigenvalue weighted by molar-refractivity contribution is -0.132. The Hall–Kier alpha value is -3.08. The second-order valence-corrected chi connectivity index (χ2v) is 9.32. The van der Waals surface area contributed by atoms with E-state index in [1.54, 1.807) is 31.6 Å². The van der Waals surface area contributed by atoms with E-state index in [0.717, 1.165) is 47.0 Å². The van der Waals surface area contributed by atoms with E-state index < -0.39 is 0 Å². The fraction of sp³-hybridized carbons (Fsp3) is 0.393. The number of amides is 1. The number of piperidine rings is 1. The molecule has 0 spiro atoms. The van der Waals surface area contributed by atoms with Crippen LogP contribution < -0.4 is 4.74 Å². The summed E-state index contributed by atoms with van der Waals surface area (Å²) in [6.45, 7) is 2.80. The molecule has 172 valence electrons. The van der Waals surface area contributed by atoms with Gasteiger partial charge >= 0.3 is 0 Å². The van der Waals surface area contributed by atoms with E-state index in [1.165, 1.54) is 37.8 Å². The van der Waals surface area contributed by atoms with Gasteiger partial charge in [0.05, 0.1) is 13.4 Å². The highest BCUT2D eigenvalue weighted by Gasteiger charge is 2.35. The number of hydrogen-bond donors (Lipinski definition) is 0. The molecule has 1 saturated heterocycles. The molecule has 2 aromatic carbocycles. The molecule has 2 atom stereocenters. The number of furan rings is 1. The van der Waals surface area contributed by atoms with Crippen LogP contribution in [-0.4, -0.2) is 30.5 Å². The van der Waals surface area contributed by atoms with Gasteiger partial charge in [0.2, 0.25) is 5.91 Å². The van der Waals surface area contributed by atoms with Crippen LogP contribution in [0.15, 0.2) is 53.2 Å². The summed E-state index contributed by atoms with van der Waals surface area (Å²) in [7, 11) is 1.63. The highest BCUT2D eigenvalue weighted by molar-refractivity contribution is 6.00.